The first-order valence-electron chi connectivity index (χ1n) is 4.84. The molecular formula is C10H14N2O2S. The second kappa shape index (κ2) is 4.28. The SMILES string of the molecule is CSc1ccc(C(=O)N(C)C2CNC2)o1. The van der Waals surface area contributed by atoms with Crippen molar-refractivity contribution in [1.82, 2.24) is 10.2 Å². The first-order chi connectivity index (χ1) is 7.22. The van der Waals surface area contributed by atoms with Crippen LogP contribution in [-0.2, 0) is 0 Å². The van der Waals surface area contributed by atoms with Crippen LogP contribution in [0.1, 0.15) is 10.6 Å². The largest absolute Gasteiger partial charge is 0.445 e. The second-order valence-electron chi connectivity index (χ2n) is 3.55. The molecule has 15 heavy (non-hydrogen) atoms. The molecule has 0 aromatic carbocycles. The van der Waals surface area contributed by atoms with Crippen LogP contribution in [0.25, 0.3) is 0 Å². The number of likely N-dealkylation sites (N-methyl/N-ethyl adjacent to an activating group) is 1. The fourth-order valence-corrected chi connectivity index (χ4v) is 1.81. The van der Waals surface area contributed by atoms with Crippen molar-refractivity contribution >= 4 is 17.7 Å². The van der Waals surface area contributed by atoms with Crippen LogP contribution < -0.4 is 5.32 Å². The van der Waals surface area contributed by atoms with E-state index in [9.17, 15) is 4.79 Å². The summed E-state index contributed by atoms with van der Waals surface area (Å²) in [5, 5.41) is 3.91. The highest BCUT2D eigenvalue weighted by Gasteiger charge is 2.27. The Morgan fingerprint density at radius 2 is 2.33 bits per heavy atom. The zero-order chi connectivity index (χ0) is 10.8. The van der Waals surface area contributed by atoms with Crippen molar-refractivity contribution in [3.63, 3.8) is 0 Å². The molecule has 0 saturated carbocycles. The summed E-state index contributed by atoms with van der Waals surface area (Å²) < 4.78 is 5.39. The molecule has 2 heterocycles. The highest BCUT2D eigenvalue weighted by molar-refractivity contribution is 7.98. The van der Waals surface area contributed by atoms with Crippen molar-refractivity contribution < 1.29 is 9.21 Å². The third kappa shape index (κ3) is 2.03. The number of nitrogens with zero attached hydrogens (tertiary/aromatic N) is 1. The molecule has 82 valence electrons. The molecule has 1 fully saturated rings. The maximum absolute atomic E-state index is 11.9. The lowest BCUT2D eigenvalue weighted by molar-refractivity contribution is 0.0643. The number of amides is 1. The van der Waals surface area contributed by atoms with E-state index < -0.39 is 0 Å². The number of carbonyl (C=O) groups excluding carboxylic acids is 1. The predicted octanol–water partition coefficient (Wildman–Crippen LogP) is 1.05. The van der Waals surface area contributed by atoms with Gasteiger partial charge in [-0.1, -0.05) is 11.8 Å². The zero-order valence-corrected chi connectivity index (χ0v) is 9.63. The average Bonchev–Trinajstić information content (AvgIpc) is 2.61. The van der Waals surface area contributed by atoms with Gasteiger partial charge in [-0.15, -0.1) is 0 Å². The van der Waals surface area contributed by atoms with Gasteiger partial charge in [-0.2, -0.15) is 0 Å². The van der Waals surface area contributed by atoms with E-state index in [4.69, 9.17) is 4.42 Å². The van der Waals surface area contributed by atoms with Gasteiger partial charge >= 0.3 is 0 Å². The van der Waals surface area contributed by atoms with Gasteiger partial charge in [-0.3, -0.25) is 4.79 Å². The Labute approximate surface area is 93.0 Å². The molecule has 1 N–H and O–H groups in total. The van der Waals surface area contributed by atoms with E-state index in [1.165, 1.54) is 11.8 Å². The van der Waals surface area contributed by atoms with Crippen molar-refractivity contribution in [3.8, 4) is 0 Å². The number of furan rings is 1. The van der Waals surface area contributed by atoms with Gasteiger partial charge in [0.2, 0.25) is 0 Å². The molecule has 4 nitrogen and oxygen atoms in total. The van der Waals surface area contributed by atoms with E-state index in [2.05, 4.69) is 5.32 Å². The third-order valence-corrected chi connectivity index (χ3v) is 3.24. The number of hydrogen-bond acceptors (Lipinski definition) is 4. The van der Waals surface area contributed by atoms with Crippen molar-refractivity contribution in [2.45, 2.75) is 11.1 Å². The highest BCUT2D eigenvalue weighted by Crippen LogP contribution is 2.19. The maximum Gasteiger partial charge on any atom is 0.289 e. The van der Waals surface area contributed by atoms with Crippen LogP contribution in [0.2, 0.25) is 0 Å². The normalized spacial score (nSPS) is 16.1. The fourth-order valence-electron chi connectivity index (χ4n) is 1.43. The number of carbonyl (C=O) groups is 1. The standard InChI is InChI=1S/C10H14N2O2S/c1-12(7-5-11-6-7)10(13)8-3-4-9(14-8)15-2/h3-4,7,11H,5-6H2,1-2H3. The van der Waals surface area contributed by atoms with Crippen LogP contribution in [0, 0.1) is 0 Å². The summed E-state index contributed by atoms with van der Waals surface area (Å²) in [6.07, 6.45) is 1.92. The number of thioether (sulfide) groups is 1. The predicted molar refractivity (Wildman–Crippen MR) is 59.2 cm³/mol. The Balaban J connectivity index is 2.05. The lowest BCUT2D eigenvalue weighted by atomic mass is 10.1. The molecule has 1 aromatic rings. The summed E-state index contributed by atoms with van der Waals surface area (Å²) in [6, 6.07) is 3.86. The quantitative estimate of drug-likeness (QED) is 0.782. The zero-order valence-electron chi connectivity index (χ0n) is 8.82. The highest BCUT2D eigenvalue weighted by atomic mass is 32.2. The van der Waals surface area contributed by atoms with E-state index >= 15 is 0 Å². The monoisotopic (exact) mass is 226 g/mol. The molecule has 0 atom stereocenters. The summed E-state index contributed by atoms with van der Waals surface area (Å²) >= 11 is 1.50. The number of nitrogens with one attached hydrogen (secondary N) is 1. The van der Waals surface area contributed by atoms with E-state index in [0.29, 0.717) is 11.8 Å². The molecule has 1 aliphatic rings. The molecule has 0 unspecified atom stereocenters. The van der Waals surface area contributed by atoms with Gasteiger partial charge < -0.3 is 14.6 Å². The van der Waals surface area contributed by atoms with Crippen molar-refractivity contribution in [2.24, 2.45) is 0 Å². The number of hydrogen-bond donors (Lipinski definition) is 1. The smallest absolute Gasteiger partial charge is 0.289 e. The lowest BCUT2D eigenvalue weighted by Gasteiger charge is -2.35. The average molecular weight is 226 g/mol. The van der Waals surface area contributed by atoms with Crippen LogP contribution in [0.4, 0.5) is 0 Å². The Morgan fingerprint density at radius 3 is 2.80 bits per heavy atom. The van der Waals surface area contributed by atoms with Crippen LogP contribution in [-0.4, -0.2) is 43.2 Å². The van der Waals surface area contributed by atoms with Gasteiger partial charge in [0, 0.05) is 20.1 Å². The van der Waals surface area contributed by atoms with Crippen LogP contribution in [0.15, 0.2) is 21.6 Å². The minimum Gasteiger partial charge on any atom is -0.445 e. The Morgan fingerprint density at radius 1 is 1.60 bits per heavy atom. The molecule has 1 aliphatic heterocycles. The van der Waals surface area contributed by atoms with Crippen LogP contribution in [0.3, 0.4) is 0 Å². The van der Waals surface area contributed by atoms with Gasteiger partial charge in [-0.05, 0) is 18.4 Å². The third-order valence-electron chi connectivity index (χ3n) is 2.62. The van der Waals surface area contributed by atoms with Crippen LogP contribution >= 0.6 is 11.8 Å². The minimum absolute atomic E-state index is 0.0400. The van der Waals surface area contributed by atoms with E-state index in [-0.39, 0.29) is 5.91 Å². The summed E-state index contributed by atoms with van der Waals surface area (Å²) in [5.74, 6) is 0.385. The van der Waals surface area contributed by atoms with Gasteiger partial charge in [0.1, 0.15) is 0 Å². The summed E-state index contributed by atoms with van der Waals surface area (Å²) in [7, 11) is 1.81. The van der Waals surface area contributed by atoms with E-state index in [1.54, 1.807) is 11.0 Å². The van der Waals surface area contributed by atoms with Crippen LogP contribution in [0.5, 0.6) is 0 Å². The molecule has 0 aliphatic carbocycles. The summed E-state index contributed by atoms with van der Waals surface area (Å²) in [4.78, 5) is 13.6. The van der Waals surface area contributed by atoms with E-state index in [0.717, 1.165) is 18.2 Å². The Bertz CT molecular complexity index is 360. The van der Waals surface area contributed by atoms with Crippen molar-refractivity contribution in [2.75, 3.05) is 26.4 Å². The Hall–Kier alpha value is -0.940. The van der Waals surface area contributed by atoms with Gasteiger partial charge in [0.15, 0.2) is 10.9 Å². The molecule has 0 radical (unpaired) electrons. The molecule has 1 amide bonds. The Kier molecular flexibility index (Phi) is 3.02. The topological polar surface area (TPSA) is 45.5 Å². The summed E-state index contributed by atoms with van der Waals surface area (Å²) in [6.45, 7) is 1.75. The van der Waals surface area contributed by atoms with Gasteiger partial charge in [0.05, 0.1) is 6.04 Å². The second-order valence-corrected chi connectivity index (χ2v) is 4.36. The molecule has 2 rings (SSSR count). The fraction of sp³-hybridized carbons (Fsp3) is 0.500. The molecule has 0 spiro atoms. The first kappa shape index (κ1) is 10.6. The molecule has 5 heteroatoms. The molecule has 1 aromatic heterocycles. The summed E-state index contributed by atoms with van der Waals surface area (Å²) in [5.41, 5.74) is 0. The van der Waals surface area contributed by atoms with E-state index in [1.807, 2.05) is 19.4 Å². The molecular weight excluding hydrogens is 212 g/mol. The van der Waals surface area contributed by atoms with Gasteiger partial charge in [0.25, 0.3) is 5.91 Å². The molecule has 0 bridgehead atoms. The first-order valence-corrected chi connectivity index (χ1v) is 6.06. The molecule has 1 saturated heterocycles. The maximum atomic E-state index is 11.9. The van der Waals surface area contributed by atoms with Crippen molar-refractivity contribution in [1.29, 1.82) is 0 Å². The van der Waals surface area contributed by atoms with Crippen molar-refractivity contribution in [3.05, 3.63) is 17.9 Å². The number of rotatable bonds is 3. The lowest BCUT2D eigenvalue weighted by Crippen LogP contribution is -2.57. The van der Waals surface area contributed by atoms with Gasteiger partial charge in [-0.25, -0.2) is 0 Å². The minimum atomic E-state index is -0.0400.